The second-order valence-electron chi connectivity index (χ2n) is 13.8. The Morgan fingerprint density at radius 3 is 1.66 bits per heavy atom. The van der Waals surface area contributed by atoms with E-state index in [0.29, 0.717) is 0 Å². The molecule has 3 nitrogen and oxygen atoms in total. The lowest BCUT2D eigenvalue weighted by Gasteiger charge is -2.28. The minimum absolute atomic E-state index is 0.721. The van der Waals surface area contributed by atoms with E-state index in [-0.39, 0.29) is 0 Å². The zero-order valence-corrected chi connectivity index (χ0v) is 31.3. The van der Waals surface area contributed by atoms with Crippen molar-refractivity contribution in [1.82, 2.24) is 9.97 Å². The van der Waals surface area contributed by atoms with Crippen molar-refractivity contribution < 1.29 is 0 Å². The van der Waals surface area contributed by atoms with Crippen molar-refractivity contribution in [1.29, 1.82) is 0 Å². The molecule has 2 aromatic heterocycles. The third kappa shape index (κ3) is 6.32. The van der Waals surface area contributed by atoms with Gasteiger partial charge in [-0.2, -0.15) is 0 Å². The number of para-hydroxylation sites is 2. The van der Waals surface area contributed by atoms with Crippen LogP contribution in [0.4, 0.5) is 17.1 Å². The molecule has 0 amide bonds. The molecule has 0 spiro atoms. The minimum atomic E-state index is 0.721. The van der Waals surface area contributed by atoms with Crippen LogP contribution in [0.2, 0.25) is 0 Å². The molecular formula is C52H35N3S. The van der Waals surface area contributed by atoms with Crippen molar-refractivity contribution in [2.24, 2.45) is 0 Å². The Morgan fingerprint density at radius 2 is 0.929 bits per heavy atom. The summed E-state index contributed by atoms with van der Waals surface area (Å²) in [6, 6.07) is 75.0. The van der Waals surface area contributed by atoms with Gasteiger partial charge in [0.1, 0.15) is 0 Å². The molecule has 0 saturated carbocycles. The monoisotopic (exact) mass is 733 g/mol. The van der Waals surface area contributed by atoms with Crippen LogP contribution in [0.5, 0.6) is 0 Å². The van der Waals surface area contributed by atoms with Gasteiger partial charge in [0.05, 0.1) is 17.1 Å². The summed E-state index contributed by atoms with van der Waals surface area (Å²) >= 11 is 1.83. The van der Waals surface area contributed by atoms with Gasteiger partial charge in [-0.3, -0.25) is 0 Å². The normalized spacial score (nSPS) is 11.2. The van der Waals surface area contributed by atoms with E-state index < -0.39 is 0 Å². The van der Waals surface area contributed by atoms with Gasteiger partial charge in [0.25, 0.3) is 0 Å². The molecule has 10 rings (SSSR count). The highest BCUT2D eigenvalue weighted by atomic mass is 32.1. The van der Waals surface area contributed by atoms with Gasteiger partial charge in [0.15, 0.2) is 5.82 Å². The van der Waals surface area contributed by atoms with Crippen molar-refractivity contribution in [3.05, 3.63) is 212 Å². The third-order valence-corrected chi connectivity index (χ3v) is 11.4. The standard InChI is InChI=1S/C52H35N3S/c1-5-16-37(17-6-1)43-24-13-14-26-48(43)55(41-22-11-4-12-23-41)42-31-28-36(29-32-42)40-30-33-45-50(34-40)56-49-27-15-25-44(51(45)49)47-35-46(38-18-7-2-8-19-38)53-52(54-47)39-20-9-3-10-21-39/h1-35H. The average molecular weight is 734 g/mol. The quantitative estimate of drug-likeness (QED) is 0.156. The summed E-state index contributed by atoms with van der Waals surface area (Å²) in [5.74, 6) is 0.721. The highest BCUT2D eigenvalue weighted by Gasteiger charge is 2.19. The predicted octanol–water partition coefficient (Wildman–Crippen LogP) is 14.6. The van der Waals surface area contributed by atoms with Gasteiger partial charge < -0.3 is 4.90 Å². The van der Waals surface area contributed by atoms with Crippen molar-refractivity contribution in [2.45, 2.75) is 0 Å². The summed E-state index contributed by atoms with van der Waals surface area (Å²) in [4.78, 5) is 12.6. The molecule has 4 heteroatoms. The van der Waals surface area contributed by atoms with Gasteiger partial charge >= 0.3 is 0 Å². The van der Waals surface area contributed by atoms with Crippen molar-refractivity contribution in [3.63, 3.8) is 0 Å². The SMILES string of the molecule is c1ccc(-c2cc(-c3cccc4sc5cc(-c6ccc(N(c7ccccc7)c7ccccc7-c7ccccc7)cc6)ccc5c34)nc(-c3ccccc3)n2)cc1. The minimum Gasteiger partial charge on any atom is -0.310 e. The summed E-state index contributed by atoms with van der Waals surface area (Å²) in [5, 5.41) is 2.46. The van der Waals surface area contributed by atoms with Gasteiger partial charge in [0.2, 0.25) is 0 Å². The smallest absolute Gasteiger partial charge is 0.160 e. The number of hydrogen-bond donors (Lipinski definition) is 0. The molecule has 0 bridgehead atoms. The Morgan fingerprint density at radius 1 is 0.357 bits per heavy atom. The summed E-state index contributed by atoms with van der Waals surface area (Å²) < 4.78 is 2.49. The molecule has 10 aromatic rings. The lowest BCUT2D eigenvalue weighted by Crippen LogP contribution is -2.11. The molecule has 2 heterocycles. The Kier molecular flexibility index (Phi) is 8.71. The van der Waals surface area contributed by atoms with Crippen LogP contribution < -0.4 is 4.90 Å². The molecule has 0 radical (unpaired) electrons. The van der Waals surface area contributed by atoms with Crippen molar-refractivity contribution in [3.8, 4) is 56.2 Å². The molecule has 56 heavy (non-hydrogen) atoms. The fourth-order valence-corrected chi connectivity index (χ4v) is 8.79. The van der Waals surface area contributed by atoms with E-state index in [1.165, 1.54) is 42.4 Å². The number of fused-ring (bicyclic) bond motifs is 3. The molecule has 8 aromatic carbocycles. The molecule has 0 fully saturated rings. The van der Waals surface area contributed by atoms with Crippen molar-refractivity contribution >= 4 is 48.6 Å². The molecule has 0 aliphatic heterocycles. The third-order valence-electron chi connectivity index (χ3n) is 10.3. The highest BCUT2D eigenvalue weighted by Crippen LogP contribution is 2.44. The van der Waals surface area contributed by atoms with Gasteiger partial charge in [-0.1, -0.05) is 164 Å². The van der Waals surface area contributed by atoms with Crippen LogP contribution in [0, 0.1) is 0 Å². The Hall–Kier alpha value is -7.14. The van der Waals surface area contributed by atoms with E-state index in [0.717, 1.165) is 51.0 Å². The first-order chi connectivity index (χ1) is 27.8. The zero-order chi connectivity index (χ0) is 37.3. The number of hydrogen-bond acceptors (Lipinski definition) is 4. The van der Waals surface area contributed by atoms with E-state index >= 15 is 0 Å². The lowest BCUT2D eigenvalue weighted by molar-refractivity contribution is 1.19. The van der Waals surface area contributed by atoms with Crippen LogP contribution in [0.25, 0.3) is 76.3 Å². The van der Waals surface area contributed by atoms with E-state index in [2.05, 4.69) is 193 Å². The number of benzene rings is 8. The van der Waals surface area contributed by atoms with Crippen LogP contribution in [0.15, 0.2) is 212 Å². The maximum absolute atomic E-state index is 5.18. The van der Waals surface area contributed by atoms with Crippen LogP contribution in [0.3, 0.4) is 0 Å². The van der Waals surface area contributed by atoms with E-state index in [1.807, 2.05) is 35.6 Å². The first kappa shape index (κ1) is 33.4. The maximum Gasteiger partial charge on any atom is 0.160 e. The molecule has 0 unspecified atom stereocenters. The summed E-state index contributed by atoms with van der Waals surface area (Å²) in [6.45, 7) is 0. The molecule has 0 saturated heterocycles. The number of nitrogens with zero attached hydrogens (tertiary/aromatic N) is 3. The van der Waals surface area contributed by atoms with Crippen LogP contribution in [-0.4, -0.2) is 9.97 Å². The molecular weight excluding hydrogens is 699 g/mol. The van der Waals surface area contributed by atoms with Crippen LogP contribution in [0.1, 0.15) is 0 Å². The topological polar surface area (TPSA) is 29.0 Å². The number of rotatable bonds is 8. The fraction of sp³-hybridized carbons (Fsp3) is 0. The number of anilines is 3. The maximum atomic E-state index is 5.18. The molecule has 264 valence electrons. The molecule has 0 N–H and O–H groups in total. The molecule has 0 atom stereocenters. The van der Waals surface area contributed by atoms with Gasteiger partial charge in [-0.25, -0.2) is 9.97 Å². The Bertz CT molecular complexity index is 2880. The van der Waals surface area contributed by atoms with Gasteiger partial charge in [-0.15, -0.1) is 11.3 Å². The number of aromatic nitrogens is 2. The number of thiophene rings is 1. The van der Waals surface area contributed by atoms with E-state index in [4.69, 9.17) is 9.97 Å². The Balaban J connectivity index is 1.04. The zero-order valence-electron chi connectivity index (χ0n) is 30.5. The molecule has 0 aliphatic rings. The summed E-state index contributed by atoms with van der Waals surface area (Å²) in [6.07, 6.45) is 0. The van der Waals surface area contributed by atoms with Crippen LogP contribution >= 0.6 is 11.3 Å². The van der Waals surface area contributed by atoms with Crippen LogP contribution in [-0.2, 0) is 0 Å². The predicted molar refractivity (Wildman–Crippen MR) is 237 cm³/mol. The van der Waals surface area contributed by atoms with E-state index in [1.54, 1.807) is 0 Å². The van der Waals surface area contributed by atoms with Crippen molar-refractivity contribution in [2.75, 3.05) is 4.90 Å². The summed E-state index contributed by atoms with van der Waals surface area (Å²) in [5.41, 5.74) is 13.1. The summed E-state index contributed by atoms with van der Waals surface area (Å²) in [7, 11) is 0. The lowest BCUT2D eigenvalue weighted by atomic mass is 9.99. The van der Waals surface area contributed by atoms with Gasteiger partial charge in [-0.05, 0) is 65.2 Å². The second-order valence-corrected chi connectivity index (χ2v) is 14.9. The second kappa shape index (κ2) is 14.6. The fourth-order valence-electron chi connectivity index (χ4n) is 7.61. The van der Waals surface area contributed by atoms with Gasteiger partial charge in [0, 0.05) is 53.8 Å². The first-order valence-electron chi connectivity index (χ1n) is 18.8. The average Bonchev–Trinajstić information content (AvgIpc) is 3.66. The largest absolute Gasteiger partial charge is 0.310 e. The molecule has 0 aliphatic carbocycles. The van der Waals surface area contributed by atoms with E-state index in [9.17, 15) is 0 Å². The Labute approximate surface area is 330 Å². The highest BCUT2D eigenvalue weighted by molar-refractivity contribution is 7.26. The first-order valence-corrected chi connectivity index (χ1v) is 19.6.